The van der Waals surface area contributed by atoms with Crippen LogP contribution < -0.4 is 10.5 Å². The minimum absolute atomic E-state index is 0.0688. The van der Waals surface area contributed by atoms with Crippen LogP contribution in [0.25, 0.3) is 5.69 Å². The third kappa shape index (κ3) is 4.89. The topological polar surface area (TPSA) is 58.4 Å². The van der Waals surface area contributed by atoms with Crippen LogP contribution >= 0.6 is 23.4 Å². The van der Waals surface area contributed by atoms with Crippen LogP contribution in [0.4, 0.5) is 5.69 Å². The molecule has 6 nitrogen and oxygen atoms in total. The number of anilines is 1. The van der Waals surface area contributed by atoms with Gasteiger partial charge in [-0.1, -0.05) is 50.6 Å². The average molecular weight is 421 g/mol. The van der Waals surface area contributed by atoms with Crippen LogP contribution in [-0.4, -0.2) is 57.3 Å². The number of para-hydroxylation sites is 1. The number of piperazine rings is 1. The second kappa shape index (κ2) is 8.57. The lowest BCUT2D eigenvalue weighted by Crippen LogP contribution is -2.50. The van der Waals surface area contributed by atoms with E-state index in [2.05, 4.69) is 25.9 Å². The average Bonchev–Trinajstić information content (AvgIpc) is 2.68. The Balaban J connectivity index is 1.67. The maximum atomic E-state index is 12.7. The Bertz CT molecular complexity index is 887. The quantitative estimate of drug-likeness (QED) is 0.760. The molecule has 1 amide bonds. The van der Waals surface area contributed by atoms with E-state index in [4.69, 9.17) is 11.6 Å². The lowest BCUT2D eigenvalue weighted by atomic mass is 10.2. The van der Waals surface area contributed by atoms with Gasteiger partial charge in [-0.05, 0) is 12.1 Å². The molecule has 28 heavy (non-hydrogen) atoms. The summed E-state index contributed by atoms with van der Waals surface area (Å²) in [5, 5.41) is 4.44. The first-order valence-corrected chi connectivity index (χ1v) is 10.6. The maximum Gasteiger partial charge on any atom is 0.292 e. The standard InChI is InChI=1S/C20H25ClN4O2S/c1-20(2,3)28-14-17(26)24-11-9-23(10-12-24)16-13-22-25(19(27)18(16)21)15-7-5-4-6-8-15/h4-8,13H,9-12,14H2,1-3H3. The number of halogens is 1. The van der Waals surface area contributed by atoms with Crippen molar-refractivity contribution in [1.82, 2.24) is 14.7 Å². The van der Waals surface area contributed by atoms with E-state index < -0.39 is 0 Å². The van der Waals surface area contributed by atoms with Gasteiger partial charge in [0.15, 0.2) is 0 Å². The zero-order valence-corrected chi connectivity index (χ0v) is 18.0. The van der Waals surface area contributed by atoms with Gasteiger partial charge in [0, 0.05) is 30.9 Å². The summed E-state index contributed by atoms with van der Waals surface area (Å²) in [4.78, 5) is 29.0. The summed E-state index contributed by atoms with van der Waals surface area (Å²) in [7, 11) is 0. The van der Waals surface area contributed by atoms with E-state index in [9.17, 15) is 9.59 Å². The molecule has 1 saturated heterocycles. The fourth-order valence-corrected chi connectivity index (χ4v) is 3.95. The number of rotatable bonds is 4. The van der Waals surface area contributed by atoms with Crippen molar-refractivity contribution in [1.29, 1.82) is 0 Å². The Morgan fingerprint density at radius 2 is 1.79 bits per heavy atom. The van der Waals surface area contributed by atoms with E-state index >= 15 is 0 Å². The number of hydrogen-bond acceptors (Lipinski definition) is 5. The number of carbonyl (C=O) groups excluding carboxylic acids is 1. The van der Waals surface area contributed by atoms with Crippen molar-refractivity contribution in [2.24, 2.45) is 0 Å². The van der Waals surface area contributed by atoms with Gasteiger partial charge in [0.2, 0.25) is 5.91 Å². The molecule has 2 aromatic rings. The number of amides is 1. The predicted octanol–water partition coefficient (Wildman–Crippen LogP) is 3.07. The number of hydrogen-bond donors (Lipinski definition) is 0. The summed E-state index contributed by atoms with van der Waals surface area (Å²) in [6, 6.07) is 9.19. The van der Waals surface area contributed by atoms with Gasteiger partial charge in [-0.25, -0.2) is 0 Å². The zero-order valence-electron chi connectivity index (χ0n) is 16.4. The van der Waals surface area contributed by atoms with Gasteiger partial charge in [-0.2, -0.15) is 9.78 Å². The largest absolute Gasteiger partial charge is 0.365 e. The van der Waals surface area contributed by atoms with Gasteiger partial charge < -0.3 is 9.80 Å². The van der Waals surface area contributed by atoms with E-state index in [0.29, 0.717) is 43.3 Å². The van der Waals surface area contributed by atoms with Crippen molar-refractivity contribution < 1.29 is 4.79 Å². The summed E-state index contributed by atoms with van der Waals surface area (Å²) >= 11 is 8.04. The molecule has 8 heteroatoms. The van der Waals surface area contributed by atoms with Crippen molar-refractivity contribution in [2.45, 2.75) is 25.5 Å². The molecule has 0 aliphatic carbocycles. The third-order valence-corrected chi connectivity index (χ3v) is 6.12. The van der Waals surface area contributed by atoms with Crippen LogP contribution in [-0.2, 0) is 4.79 Å². The summed E-state index contributed by atoms with van der Waals surface area (Å²) in [6.07, 6.45) is 1.63. The zero-order chi connectivity index (χ0) is 20.3. The molecule has 1 aliphatic heterocycles. The van der Waals surface area contributed by atoms with Crippen LogP contribution in [0.15, 0.2) is 41.3 Å². The highest BCUT2D eigenvalue weighted by Crippen LogP contribution is 2.25. The molecule has 2 heterocycles. The molecule has 1 fully saturated rings. The second-order valence-corrected chi connectivity index (χ2v) is 9.85. The molecule has 3 rings (SSSR count). The Morgan fingerprint density at radius 3 is 2.39 bits per heavy atom. The molecular weight excluding hydrogens is 396 g/mol. The SMILES string of the molecule is CC(C)(C)SCC(=O)N1CCN(c2cnn(-c3ccccc3)c(=O)c2Cl)CC1. The smallest absolute Gasteiger partial charge is 0.292 e. The van der Waals surface area contributed by atoms with E-state index in [1.54, 1.807) is 18.0 Å². The molecule has 0 atom stereocenters. The summed E-state index contributed by atoms with van der Waals surface area (Å²) in [6.45, 7) is 8.80. The van der Waals surface area contributed by atoms with Gasteiger partial charge in [0.1, 0.15) is 5.02 Å². The summed E-state index contributed by atoms with van der Waals surface area (Å²) < 4.78 is 1.37. The number of benzene rings is 1. The van der Waals surface area contributed by atoms with Crippen molar-refractivity contribution in [2.75, 3.05) is 36.8 Å². The molecule has 0 unspecified atom stereocenters. The van der Waals surface area contributed by atoms with Crippen LogP contribution in [0.2, 0.25) is 5.02 Å². The van der Waals surface area contributed by atoms with Crippen molar-refractivity contribution in [3.8, 4) is 5.69 Å². The van der Waals surface area contributed by atoms with Gasteiger partial charge in [0.05, 0.1) is 23.3 Å². The molecule has 1 aromatic carbocycles. The summed E-state index contributed by atoms with van der Waals surface area (Å²) in [5.74, 6) is 0.641. The first-order chi connectivity index (χ1) is 13.3. The highest BCUT2D eigenvalue weighted by atomic mass is 35.5. The highest BCUT2D eigenvalue weighted by Gasteiger charge is 2.25. The Morgan fingerprint density at radius 1 is 1.14 bits per heavy atom. The lowest BCUT2D eigenvalue weighted by Gasteiger charge is -2.36. The van der Waals surface area contributed by atoms with Crippen LogP contribution in [0, 0.1) is 0 Å². The molecular formula is C20H25ClN4O2S. The third-order valence-electron chi connectivity index (χ3n) is 4.50. The maximum absolute atomic E-state index is 12.7. The van der Waals surface area contributed by atoms with Crippen molar-refractivity contribution in [3.63, 3.8) is 0 Å². The Kier molecular flexibility index (Phi) is 6.35. The minimum Gasteiger partial charge on any atom is -0.365 e. The van der Waals surface area contributed by atoms with Gasteiger partial charge in [-0.3, -0.25) is 9.59 Å². The number of nitrogens with zero attached hydrogens (tertiary/aromatic N) is 4. The second-order valence-electron chi connectivity index (χ2n) is 7.67. The normalized spacial score (nSPS) is 15.0. The highest BCUT2D eigenvalue weighted by molar-refractivity contribution is 8.01. The first kappa shape index (κ1) is 20.7. The lowest BCUT2D eigenvalue weighted by molar-refractivity contribution is -0.128. The van der Waals surface area contributed by atoms with Crippen LogP contribution in [0.3, 0.4) is 0 Å². The molecule has 150 valence electrons. The van der Waals surface area contributed by atoms with Crippen LogP contribution in [0.1, 0.15) is 20.8 Å². The first-order valence-electron chi connectivity index (χ1n) is 9.26. The van der Waals surface area contributed by atoms with Gasteiger partial charge in [0.25, 0.3) is 5.56 Å². The van der Waals surface area contributed by atoms with Gasteiger partial charge >= 0.3 is 0 Å². The predicted molar refractivity (Wildman–Crippen MR) is 116 cm³/mol. The molecule has 0 radical (unpaired) electrons. The Hall–Kier alpha value is -1.99. The molecule has 1 aromatic heterocycles. The van der Waals surface area contributed by atoms with E-state index in [0.717, 1.165) is 0 Å². The van der Waals surface area contributed by atoms with Crippen LogP contribution in [0.5, 0.6) is 0 Å². The molecule has 1 aliphatic rings. The molecule has 0 saturated carbocycles. The minimum atomic E-state index is -0.342. The number of carbonyl (C=O) groups is 1. The fraction of sp³-hybridized carbons (Fsp3) is 0.450. The number of thioether (sulfide) groups is 1. The molecule has 0 bridgehead atoms. The number of aromatic nitrogens is 2. The fourth-order valence-electron chi connectivity index (χ4n) is 2.96. The monoisotopic (exact) mass is 420 g/mol. The van der Waals surface area contributed by atoms with E-state index in [-0.39, 0.29) is 21.2 Å². The summed E-state index contributed by atoms with van der Waals surface area (Å²) in [5.41, 5.74) is 0.952. The molecule has 0 N–H and O–H groups in total. The van der Waals surface area contributed by atoms with E-state index in [1.165, 1.54) is 4.68 Å². The molecule has 0 spiro atoms. The van der Waals surface area contributed by atoms with Crippen molar-refractivity contribution >= 4 is 35.0 Å². The van der Waals surface area contributed by atoms with Crippen molar-refractivity contribution in [3.05, 3.63) is 51.9 Å². The van der Waals surface area contributed by atoms with E-state index in [1.807, 2.05) is 40.1 Å². The Labute approximate surface area is 174 Å². The van der Waals surface area contributed by atoms with Gasteiger partial charge in [-0.15, -0.1) is 11.8 Å².